The van der Waals surface area contributed by atoms with Gasteiger partial charge in [0.2, 0.25) is 5.91 Å². The van der Waals surface area contributed by atoms with Crippen LogP contribution in [0.25, 0.3) is 0 Å². The van der Waals surface area contributed by atoms with Crippen molar-refractivity contribution >= 4 is 43.6 Å². The predicted molar refractivity (Wildman–Crippen MR) is 91.2 cm³/mol. The largest absolute Gasteiger partial charge is 0.366 e. The van der Waals surface area contributed by atoms with Gasteiger partial charge < -0.3 is 5.73 Å². The van der Waals surface area contributed by atoms with Gasteiger partial charge in [0.15, 0.2) is 0 Å². The summed E-state index contributed by atoms with van der Waals surface area (Å²) in [5.74, 6) is -0.359. The molecular weight excluding hydrogens is 408 g/mol. The number of amides is 1. The molecule has 1 aromatic heterocycles. The van der Waals surface area contributed by atoms with E-state index >= 15 is 0 Å². The van der Waals surface area contributed by atoms with Crippen molar-refractivity contribution in [2.45, 2.75) is 18.7 Å². The Balaban J connectivity index is 0.000000231. The third-order valence-corrected chi connectivity index (χ3v) is 4.67. The van der Waals surface area contributed by atoms with E-state index in [9.17, 15) is 13.2 Å². The number of nitrogens with two attached hydrogens (primary N) is 1. The number of nitrogens with zero attached hydrogens (tertiary/aromatic N) is 1. The number of benzene rings is 1. The molecule has 0 aliphatic heterocycles. The highest BCUT2D eigenvalue weighted by molar-refractivity contribution is 9.10. The van der Waals surface area contributed by atoms with Crippen LogP contribution in [-0.4, -0.2) is 23.9 Å². The van der Waals surface area contributed by atoms with Crippen molar-refractivity contribution in [3.05, 3.63) is 56.8 Å². The van der Waals surface area contributed by atoms with Crippen LogP contribution in [0.15, 0.2) is 39.8 Å². The predicted octanol–water partition coefficient (Wildman–Crippen LogP) is 3.15. The van der Waals surface area contributed by atoms with Gasteiger partial charge in [0, 0.05) is 11.8 Å². The van der Waals surface area contributed by atoms with Gasteiger partial charge in [-0.25, -0.2) is 4.98 Å². The summed E-state index contributed by atoms with van der Waals surface area (Å²) in [5.41, 5.74) is 7.82. The van der Waals surface area contributed by atoms with Crippen LogP contribution in [0.2, 0.25) is 5.15 Å². The SMILES string of the molecule is Cc1ccc(C(N)=O)c(C)c1.O=S(=O)(O)c1cnc(Cl)c(Br)c1. The summed E-state index contributed by atoms with van der Waals surface area (Å²) in [7, 11) is -4.19. The standard InChI is InChI=1S/C9H11NO.C5H3BrClNO3S/c1-6-3-4-8(9(10)11)7(2)5-6;6-4-1-3(12(9,10)11)2-8-5(4)7/h3-5H,1-2H3,(H2,10,11);1-2H,(H,9,10,11). The van der Waals surface area contributed by atoms with Crippen LogP contribution in [0.3, 0.4) is 0 Å². The Morgan fingerprint density at radius 1 is 1.30 bits per heavy atom. The van der Waals surface area contributed by atoms with Crippen LogP contribution in [0.1, 0.15) is 21.5 Å². The second-order valence-corrected chi connectivity index (χ2v) is 7.24. The first kappa shape index (κ1) is 19.6. The van der Waals surface area contributed by atoms with Gasteiger partial charge in [0.05, 0.1) is 4.47 Å². The number of rotatable bonds is 2. The average Bonchev–Trinajstić information content (AvgIpc) is 2.41. The van der Waals surface area contributed by atoms with Crippen molar-refractivity contribution in [1.82, 2.24) is 4.98 Å². The minimum absolute atomic E-state index is 0.141. The average molecular weight is 422 g/mol. The maximum atomic E-state index is 10.8. The first-order chi connectivity index (χ1) is 10.5. The van der Waals surface area contributed by atoms with Gasteiger partial charge in [-0.15, -0.1) is 0 Å². The molecule has 23 heavy (non-hydrogen) atoms. The normalized spacial score (nSPS) is 10.7. The Kier molecular flexibility index (Phi) is 6.69. The lowest BCUT2D eigenvalue weighted by Crippen LogP contribution is -2.12. The van der Waals surface area contributed by atoms with Crippen LogP contribution >= 0.6 is 27.5 Å². The highest BCUT2D eigenvalue weighted by Gasteiger charge is 2.11. The second-order valence-electron chi connectivity index (χ2n) is 4.60. The molecule has 1 amide bonds. The molecule has 124 valence electrons. The summed E-state index contributed by atoms with van der Waals surface area (Å²) in [6, 6.07) is 6.75. The first-order valence-corrected chi connectivity index (χ1v) is 8.79. The number of aromatic nitrogens is 1. The van der Waals surface area contributed by atoms with Gasteiger partial charge in [-0.3, -0.25) is 9.35 Å². The molecule has 0 fully saturated rings. The number of aryl methyl sites for hydroxylation is 2. The summed E-state index contributed by atoms with van der Waals surface area (Å²) in [6.07, 6.45) is 0.975. The summed E-state index contributed by atoms with van der Waals surface area (Å²) in [4.78, 5) is 14.0. The van der Waals surface area contributed by atoms with E-state index in [1.165, 1.54) is 6.07 Å². The van der Waals surface area contributed by atoms with Gasteiger partial charge in [0.25, 0.3) is 10.1 Å². The molecule has 1 heterocycles. The van der Waals surface area contributed by atoms with E-state index in [4.69, 9.17) is 21.9 Å². The topological polar surface area (TPSA) is 110 Å². The van der Waals surface area contributed by atoms with E-state index in [0.717, 1.165) is 17.3 Å². The zero-order chi connectivity index (χ0) is 17.8. The molecule has 3 N–H and O–H groups in total. The number of primary amides is 1. The van der Waals surface area contributed by atoms with E-state index in [1.807, 2.05) is 26.0 Å². The van der Waals surface area contributed by atoms with Gasteiger partial charge in [-0.1, -0.05) is 29.3 Å². The Morgan fingerprint density at radius 3 is 2.35 bits per heavy atom. The Bertz CT molecular complexity index is 841. The zero-order valence-corrected chi connectivity index (χ0v) is 15.4. The third kappa shape index (κ3) is 5.91. The van der Waals surface area contributed by atoms with Gasteiger partial charge in [-0.05, 0) is 47.5 Å². The highest BCUT2D eigenvalue weighted by Crippen LogP contribution is 2.22. The number of hydrogen-bond acceptors (Lipinski definition) is 4. The zero-order valence-electron chi connectivity index (χ0n) is 12.2. The van der Waals surface area contributed by atoms with Crippen LogP contribution in [0, 0.1) is 13.8 Å². The van der Waals surface area contributed by atoms with E-state index in [2.05, 4.69) is 20.9 Å². The lowest BCUT2D eigenvalue weighted by atomic mass is 10.1. The smallest absolute Gasteiger partial charge is 0.296 e. The van der Waals surface area contributed by atoms with Gasteiger partial charge in [-0.2, -0.15) is 8.42 Å². The minimum atomic E-state index is -4.19. The molecule has 2 aromatic rings. The monoisotopic (exact) mass is 420 g/mol. The van der Waals surface area contributed by atoms with Crippen molar-refractivity contribution in [2.24, 2.45) is 5.73 Å². The van der Waals surface area contributed by atoms with Crippen molar-refractivity contribution in [3.63, 3.8) is 0 Å². The molecule has 0 bridgehead atoms. The molecule has 0 radical (unpaired) electrons. The number of halogens is 2. The molecule has 0 unspecified atom stereocenters. The Hall–Kier alpha value is -1.48. The molecule has 0 aliphatic rings. The van der Waals surface area contributed by atoms with E-state index in [0.29, 0.717) is 10.0 Å². The summed E-state index contributed by atoms with van der Waals surface area (Å²) >= 11 is 8.46. The second kappa shape index (κ2) is 7.87. The fourth-order valence-electron chi connectivity index (χ4n) is 1.63. The third-order valence-electron chi connectivity index (χ3n) is 2.72. The maximum absolute atomic E-state index is 10.8. The number of hydrogen-bond donors (Lipinski definition) is 2. The molecule has 0 spiro atoms. The van der Waals surface area contributed by atoms with Crippen LogP contribution < -0.4 is 5.73 Å². The molecular formula is C14H14BrClN2O4S. The molecule has 1 aromatic carbocycles. The Morgan fingerprint density at radius 2 is 1.91 bits per heavy atom. The minimum Gasteiger partial charge on any atom is -0.366 e. The molecule has 0 aliphatic carbocycles. The number of carbonyl (C=O) groups is 1. The Labute approximate surface area is 147 Å². The van der Waals surface area contributed by atoms with E-state index in [1.54, 1.807) is 6.07 Å². The molecule has 6 nitrogen and oxygen atoms in total. The fourth-order valence-corrected chi connectivity index (χ4v) is 2.69. The summed E-state index contributed by atoms with van der Waals surface area (Å²) in [6.45, 7) is 3.87. The van der Waals surface area contributed by atoms with Crippen molar-refractivity contribution < 1.29 is 17.8 Å². The van der Waals surface area contributed by atoms with E-state index < -0.39 is 10.1 Å². The van der Waals surface area contributed by atoms with Crippen molar-refractivity contribution in [3.8, 4) is 0 Å². The molecule has 9 heteroatoms. The highest BCUT2D eigenvalue weighted by atomic mass is 79.9. The summed E-state index contributed by atoms with van der Waals surface area (Å²) < 4.78 is 30.0. The number of pyridine rings is 1. The van der Waals surface area contributed by atoms with Gasteiger partial charge in [0.1, 0.15) is 10.0 Å². The van der Waals surface area contributed by atoms with Crippen molar-refractivity contribution in [1.29, 1.82) is 0 Å². The van der Waals surface area contributed by atoms with Crippen molar-refractivity contribution in [2.75, 3.05) is 0 Å². The van der Waals surface area contributed by atoms with Crippen LogP contribution in [0.5, 0.6) is 0 Å². The lowest BCUT2D eigenvalue weighted by Gasteiger charge is -2.01. The van der Waals surface area contributed by atoms with Crippen LogP contribution in [-0.2, 0) is 10.1 Å². The quantitative estimate of drug-likeness (QED) is 0.571. The van der Waals surface area contributed by atoms with Crippen LogP contribution in [0.4, 0.5) is 0 Å². The molecule has 0 atom stereocenters. The lowest BCUT2D eigenvalue weighted by molar-refractivity contribution is 0.0999. The molecule has 0 saturated heterocycles. The molecule has 2 rings (SSSR count). The first-order valence-electron chi connectivity index (χ1n) is 6.18. The maximum Gasteiger partial charge on any atom is 0.296 e. The fraction of sp³-hybridized carbons (Fsp3) is 0.143. The number of carbonyl (C=O) groups excluding carboxylic acids is 1. The van der Waals surface area contributed by atoms with E-state index in [-0.39, 0.29) is 16.0 Å². The molecule has 0 saturated carbocycles. The summed E-state index contributed by atoms with van der Waals surface area (Å²) in [5, 5.41) is 0.141. The van der Waals surface area contributed by atoms with Gasteiger partial charge >= 0.3 is 0 Å².